The summed E-state index contributed by atoms with van der Waals surface area (Å²) in [5.41, 5.74) is 7.56. The van der Waals surface area contributed by atoms with Gasteiger partial charge in [0.15, 0.2) is 5.65 Å². The fourth-order valence-electron chi connectivity index (χ4n) is 4.12. The Labute approximate surface area is 203 Å². The highest BCUT2D eigenvalue weighted by Crippen LogP contribution is 2.29. The van der Waals surface area contributed by atoms with Gasteiger partial charge in [-0.3, -0.25) is 0 Å². The first kappa shape index (κ1) is 23.2. The number of aromatic nitrogens is 3. The van der Waals surface area contributed by atoms with E-state index in [0.29, 0.717) is 12.1 Å². The third-order valence-corrected chi connectivity index (χ3v) is 7.16. The molecule has 0 fully saturated rings. The van der Waals surface area contributed by atoms with Gasteiger partial charge in [0.25, 0.3) is 0 Å². The van der Waals surface area contributed by atoms with E-state index in [9.17, 15) is 4.79 Å². The topological polar surface area (TPSA) is 57.0 Å². The molecule has 170 valence electrons. The summed E-state index contributed by atoms with van der Waals surface area (Å²) in [6, 6.07) is 15.9. The molecule has 0 saturated carbocycles. The molecule has 33 heavy (non-hydrogen) atoms. The molecule has 4 rings (SSSR count). The monoisotopic (exact) mass is 505 g/mol. The van der Waals surface area contributed by atoms with E-state index in [4.69, 9.17) is 14.7 Å². The number of pyridine rings is 1. The van der Waals surface area contributed by atoms with Crippen LogP contribution in [0.4, 0.5) is 0 Å². The molecular formula is C27H28BrN3O2. The van der Waals surface area contributed by atoms with E-state index in [1.807, 2.05) is 25.1 Å². The second-order valence-electron chi connectivity index (χ2n) is 8.26. The quantitative estimate of drug-likeness (QED) is 0.263. The van der Waals surface area contributed by atoms with Crippen LogP contribution in [0.15, 0.2) is 53.0 Å². The SMILES string of the molecule is CCCCc1nc2c(C)c(Br)c(C)nc2n1Cc1ccc(-c2ccccc2C(=O)OC)cc1. The Morgan fingerprint density at radius 3 is 2.48 bits per heavy atom. The van der Waals surface area contributed by atoms with Crippen LogP contribution >= 0.6 is 15.9 Å². The smallest absolute Gasteiger partial charge is 0.338 e. The van der Waals surface area contributed by atoms with Crippen molar-refractivity contribution in [2.45, 2.75) is 46.6 Å². The molecule has 2 heterocycles. The molecule has 0 spiro atoms. The first-order valence-corrected chi connectivity index (χ1v) is 12.0. The predicted octanol–water partition coefficient (Wildman–Crippen LogP) is 6.66. The Morgan fingerprint density at radius 1 is 1.06 bits per heavy atom. The molecule has 0 amide bonds. The van der Waals surface area contributed by atoms with E-state index >= 15 is 0 Å². The zero-order valence-corrected chi connectivity index (χ0v) is 21.1. The molecule has 0 aliphatic heterocycles. The average Bonchev–Trinajstić information content (AvgIpc) is 3.18. The molecule has 2 aromatic heterocycles. The summed E-state index contributed by atoms with van der Waals surface area (Å²) in [6.07, 6.45) is 3.13. The Balaban J connectivity index is 1.71. The van der Waals surface area contributed by atoms with Crippen LogP contribution in [0, 0.1) is 13.8 Å². The van der Waals surface area contributed by atoms with Gasteiger partial charge in [-0.05, 0) is 64.5 Å². The number of carbonyl (C=O) groups is 1. The average molecular weight is 506 g/mol. The molecule has 0 unspecified atom stereocenters. The molecule has 2 aromatic carbocycles. The molecule has 0 radical (unpaired) electrons. The Morgan fingerprint density at radius 2 is 1.79 bits per heavy atom. The van der Waals surface area contributed by atoms with Gasteiger partial charge >= 0.3 is 5.97 Å². The molecule has 5 nitrogen and oxygen atoms in total. The lowest BCUT2D eigenvalue weighted by atomic mass is 9.98. The summed E-state index contributed by atoms with van der Waals surface area (Å²) < 4.78 is 8.21. The summed E-state index contributed by atoms with van der Waals surface area (Å²) in [7, 11) is 1.41. The van der Waals surface area contributed by atoms with Crippen molar-refractivity contribution < 1.29 is 9.53 Å². The number of unbranched alkanes of at least 4 members (excludes halogenated alkanes) is 1. The number of halogens is 1. The van der Waals surface area contributed by atoms with E-state index in [1.54, 1.807) is 6.07 Å². The van der Waals surface area contributed by atoms with Crippen molar-refractivity contribution in [2.75, 3.05) is 7.11 Å². The van der Waals surface area contributed by atoms with Gasteiger partial charge in [0, 0.05) is 10.9 Å². The normalized spacial score (nSPS) is 11.2. The van der Waals surface area contributed by atoms with Crippen LogP contribution in [0.2, 0.25) is 0 Å². The predicted molar refractivity (Wildman–Crippen MR) is 136 cm³/mol. The second kappa shape index (κ2) is 9.87. The highest BCUT2D eigenvalue weighted by Gasteiger charge is 2.18. The van der Waals surface area contributed by atoms with Crippen LogP contribution < -0.4 is 0 Å². The maximum absolute atomic E-state index is 12.2. The number of hydrogen-bond acceptors (Lipinski definition) is 4. The molecule has 0 bridgehead atoms. The third-order valence-electron chi connectivity index (χ3n) is 5.99. The van der Waals surface area contributed by atoms with Crippen LogP contribution in [-0.4, -0.2) is 27.6 Å². The number of benzene rings is 2. The van der Waals surface area contributed by atoms with Crippen molar-refractivity contribution in [3.05, 3.63) is 81.2 Å². The second-order valence-corrected chi connectivity index (χ2v) is 9.05. The summed E-state index contributed by atoms with van der Waals surface area (Å²) in [6.45, 7) is 7.01. The lowest BCUT2D eigenvalue weighted by Crippen LogP contribution is -2.07. The third kappa shape index (κ3) is 4.58. The van der Waals surface area contributed by atoms with E-state index in [1.165, 1.54) is 7.11 Å². The fraction of sp³-hybridized carbons (Fsp3) is 0.296. The number of hydrogen-bond donors (Lipinski definition) is 0. The minimum atomic E-state index is -0.330. The first-order valence-electron chi connectivity index (χ1n) is 11.2. The molecule has 0 atom stereocenters. The Hall–Kier alpha value is -2.99. The van der Waals surface area contributed by atoms with E-state index in [2.05, 4.69) is 58.6 Å². The van der Waals surface area contributed by atoms with E-state index in [0.717, 1.165) is 68.7 Å². The molecular weight excluding hydrogens is 478 g/mol. The van der Waals surface area contributed by atoms with Crippen molar-refractivity contribution in [1.29, 1.82) is 0 Å². The van der Waals surface area contributed by atoms with Gasteiger partial charge in [0.2, 0.25) is 0 Å². The van der Waals surface area contributed by atoms with Crippen LogP contribution in [0.3, 0.4) is 0 Å². The molecule has 0 saturated heterocycles. The van der Waals surface area contributed by atoms with Gasteiger partial charge in [-0.2, -0.15) is 0 Å². The molecule has 6 heteroatoms. The van der Waals surface area contributed by atoms with Gasteiger partial charge in [-0.1, -0.05) is 55.8 Å². The Bertz CT molecular complexity index is 1310. The van der Waals surface area contributed by atoms with Crippen LogP contribution in [-0.2, 0) is 17.7 Å². The number of esters is 1. The number of aryl methyl sites for hydroxylation is 3. The van der Waals surface area contributed by atoms with Crippen molar-refractivity contribution in [2.24, 2.45) is 0 Å². The lowest BCUT2D eigenvalue weighted by molar-refractivity contribution is 0.0601. The van der Waals surface area contributed by atoms with Crippen LogP contribution in [0.5, 0.6) is 0 Å². The molecule has 0 N–H and O–H groups in total. The minimum absolute atomic E-state index is 0.330. The van der Waals surface area contributed by atoms with Gasteiger partial charge in [-0.15, -0.1) is 0 Å². The zero-order valence-electron chi connectivity index (χ0n) is 19.5. The largest absolute Gasteiger partial charge is 0.465 e. The number of fused-ring (bicyclic) bond motifs is 1. The van der Waals surface area contributed by atoms with Crippen LogP contribution in [0.1, 0.15) is 52.8 Å². The summed E-state index contributed by atoms with van der Waals surface area (Å²) in [4.78, 5) is 22.0. The molecule has 0 aliphatic rings. The lowest BCUT2D eigenvalue weighted by Gasteiger charge is -2.12. The number of imidazole rings is 1. The number of nitrogens with zero attached hydrogens (tertiary/aromatic N) is 3. The van der Waals surface area contributed by atoms with E-state index < -0.39 is 0 Å². The summed E-state index contributed by atoms with van der Waals surface area (Å²) >= 11 is 3.66. The van der Waals surface area contributed by atoms with Gasteiger partial charge in [-0.25, -0.2) is 14.8 Å². The first-order chi connectivity index (χ1) is 15.9. The number of methoxy groups -OCH3 is 1. The van der Waals surface area contributed by atoms with Crippen molar-refractivity contribution >= 4 is 33.1 Å². The number of ether oxygens (including phenoxy) is 1. The minimum Gasteiger partial charge on any atom is -0.465 e. The summed E-state index contributed by atoms with van der Waals surface area (Å²) in [5, 5.41) is 0. The molecule has 0 aliphatic carbocycles. The Kier molecular flexibility index (Phi) is 6.94. The maximum Gasteiger partial charge on any atom is 0.338 e. The molecule has 4 aromatic rings. The van der Waals surface area contributed by atoms with E-state index in [-0.39, 0.29) is 5.97 Å². The fourth-order valence-corrected chi connectivity index (χ4v) is 4.40. The van der Waals surface area contributed by atoms with Crippen molar-refractivity contribution in [1.82, 2.24) is 14.5 Å². The summed E-state index contributed by atoms with van der Waals surface area (Å²) in [5.74, 6) is 0.739. The van der Waals surface area contributed by atoms with Crippen molar-refractivity contribution in [3.63, 3.8) is 0 Å². The zero-order chi connectivity index (χ0) is 23.5. The van der Waals surface area contributed by atoms with Crippen molar-refractivity contribution in [3.8, 4) is 11.1 Å². The maximum atomic E-state index is 12.2. The van der Waals surface area contributed by atoms with Gasteiger partial charge in [0.1, 0.15) is 11.3 Å². The van der Waals surface area contributed by atoms with Gasteiger partial charge in [0.05, 0.1) is 24.9 Å². The number of rotatable bonds is 7. The van der Waals surface area contributed by atoms with Crippen LogP contribution in [0.25, 0.3) is 22.3 Å². The number of carbonyl (C=O) groups excluding carboxylic acids is 1. The highest BCUT2D eigenvalue weighted by molar-refractivity contribution is 9.10. The highest BCUT2D eigenvalue weighted by atomic mass is 79.9. The van der Waals surface area contributed by atoms with Gasteiger partial charge < -0.3 is 9.30 Å². The standard InChI is InChI=1S/C27H28BrN3O2/c1-5-6-11-23-30-25-17(2)24(28)18(3)29-26(25)31(23)16-19-12-14-20(15-13-19)21-9-7-8-10-22(21)27(32)33-4/h7-10,12-15H,5-6,11,16H2,1-4H3.